The maximum absolute atomic E-state index is 12.2. The van der Waals surface area contributed by atoms with Gasteiger partial charge in [0.2, 0.25) is 6.10 Å². The highest BCUT2D eigenvalue weighted by atomic mass is 16.6. The van der Waals surface area contributed by atoms with Gasteiger partial charge in [0, 0.05) is 0 Å². The standard InChI is InChI=1S/C19H21NO4/c1-13-6-5-9-15(14(13)2)22-11-10-20-19(21)18-12-23-16-7-3-4-8-17(16)24-18/h3-9,18H,10-12H2,1-2H3,(H,20,21)/t18-/m1/s1. The minimum absolute atomic E-state index is 0.200. The highest BCUT2D eigenvalue weighted by Gasteiger charge is 2.26. The Morgan fingerprint density at radius 3 is 2.79 bits per heavy atom. The molecule has 5 heteroatoms. The number of amides is 1. The predicted molar refractivity (Wildman–Crippen MR) is 90.8 cm³/mol. The average Bonchev–Trinajstić information content (AvgIpc) is 2.61. The molecule has 1 aliphatic rings. The Morgan fingerprint density at radius 2 is 1.96 bits per heavy atom. The summed E-state index contributed by atoms with van der Waals surface area (Å²) in [5, 5.41) is 2.82. The van der Waals surface area contributed by atoms with Gasteiger partial charge in [0.25, 0.3) is 5.91 Å². The lowest BCUT2D eigenvalue weighted by molar-refractivity contribution is -0.130. The number of carbonyl (C=O) groups is 1. The van der Waals surface area contributed by atoms with Crippen molar-refractivity contribution in [1.29, 1.82) is 0 Å². The number of fused-ring (bicyclic) bond motifs is 1. The maximum atomic E-state index is 12.2. The molecule has 1 amide bonds. The number of para-hydroxylation sites is 2. The molecule has 24 heavy (non-hydrogen) atoms. The van der Waals surface area contributed by atoms with E-state index in [9.17, 15) is 4.79 Å². The maximum Gasteiger partial charge on any atom is 0.264 e. The van der Waals surface area contributed by atoms with Gasteiger partial charge in [0.15, 0.2) is 11.5 Å². The van der Waals surface area contributed by atoms with Crippen LogP contribution >= 0.6 is 0 Å². The fourth-order valence-corrected chi connectivity index (χ4v) is 2.48. The fourth-order valence-electron chi connectivity index (χ4n) is 2.48. The Labute approximate surface area is 141 Å². The number of hydrogen-bond donors (Lipinski definition) is 1. The van der Waals surface area contributed by atoms with E-state index in [1.807, 2.05) is 50.2 Å². The van der Waals surface area contributed by atoms with Gasteiger partial charge in [0.1, 0.15) is 19.0 Å². The lowest BCUT2D eigenvalue weighted by Crippen LogP contribution is -2.45. The number of rotatable bonds is 5. The molecule has 0 saturated carbocycles. The molecule has 2 aromatic rings. The van der Waals surface area contributed by atoms with E-state index in [-0.39, 0.29) is 12.5 Å². The molecule has 3 rings (SSSR count). The molecular formula is C19H21NO4. The van der Waals surface area contributed by atoms with E-state index >= 15 is 0 Å². The first kappa shape index (κ1) is 16.2. The van der Waals surface area contributed by atoms with Crippen LogP contribution in [-0.2, 0) is 4.79 Å². The molecule has 1 N–H and O–H groups in total. The van der Waals surface area contributed by atoms with Crippen LogP contribution in [0.5, 0.6) is 17.2 Å². The Morgan fingerprint density at radius 1 is 1.17 bits per heavy atom. The molecule has 0 fully saturated rings. The number of benzene rings is 2. The zero-order valence-electron chi connectivity index (χ0n) is 13.9. The number of ether oxygens (including phenoxy) is 3. The summed E-state index contributed by atoms with van der Waals surface area (Å²) in [4.78, 5) is 12.2. The molecule has 5 nitrogen and oxygen atoms in total. The highest BCUT2D eigenvalue weighted by molar-refractivity contribution is 5.81. The van der Waals surface area contributed by atoms with Crippen LogP contribution in [0.2, 0.25) is 0 Å². The second-order valence-electron chi connectivity index (χ2n) is 5.70. The molecule has 1 aliphatic heterocycles. The molecule has 126 valence electrons. The molecule has 0 unspecified atom stereocenters. The molecule has 0 bridgehead atoms. The van der Waals surface area contributed by atoms with Gasteiger partial charge in [-0.25, -0.2) is 0 Å². The lowest BCUT2D eigenvalue weighted by Gasteiger charge is -2.25. The van der Waals surface area contributed by atoms with E-state index in [2.05, 4.69) is 5.32 Å². The quantitative estimate of drug-likeness (QED) is 0.858. The molecule has 0 saturated heterocycles. The summed E-state index contributed by atoms with van der Waals surface area (Å²) in [6, 6.07) is 13.3. The SMILES string of the molecule is Cc1cccc(OCCNC(=O)[C@H]2COc3ccccc3O2)c1C. The van der Waals surface area contributed by atoms with Crippen molar-refractivity contribution in [1.82, 2.24) is 5.32 Å². The van der Waals surface area contributed by atoms with Crippen molar-refractivity contribution in [3.8, 4) is 17.2 Å². The van der Waals surface area contributed by atoms with E-state index in [0.29, 0.717) is 24.7 Å². The summed E-state index contributed by atoms with van der Waals surface area (Å²) in [5.74, 6) is 1.90. The Hall–Kier alpha value is -2.69. The number of aryl methyl sites for hydroxylation is 1. The first-order chi connectivity index (χ1) is 11.6. The van der Waals surface area contributed by atoms with Gasteiger partial charge < -0.3 is 19.5 Å². The smallest absolute Gasteiger partial charge is 0.264 e. The fraction of sp³-hybridized carbons (Fsp3) is 0.316. The van der Waals surface area contributed by atoms with Crippen molar-refractivity contribution in [2.75, 3.05) is 19.8 Å². The summed E-state index contributed by atoms with van der Waals surface area (Å²) in [7, 11) is 0. The van der Waals surface area contributed by atoms with Crippen molar-refractivity contribution in [3.05, 3.63) is 53.6 Å². The van der Waals surface area contributed by atoms with Crippen molar-refractivity contribution >= 4 is 5.91 Å². The van der Waals surface area contributed by atoms with E-state index < -0.39 is 6.10 Å². The van der Waals surface area contributed by atoms with Crippen LogP contribution in [0.15, 0.2) is 42.5 Å². The summed E-state index contributed by atoms with van der Waals surface area (Å²) < 4.78 is 16.9. The van der Waals surface area contributed by atoms with Gasteiger partial charge in [0.05, 0.1) is 6.54 Å². The van der Waals surface area contributed by atoms with Crippen LogP contribution in [0.1, 0.15) is 11.1 Å². The lowest BCUT2D eigenvalue weighted by atomic mass is 10.1. The van der Waals surface area contributed by atoms with Crippen LogP contribution in [-0.4, -0.2) is 31.8 Å². The Bertz CT molecular complexity index is 729. The third-order valence-corrected chi connectivity index (χ3v) is 4.01. The molecule has 0 aromatic heterocycles. The van der Waals surface area contributed by atoms with Crippen LogP contribution in [0.3, 0.4) is 0 Å². The molecule has 0 radical (unpaired) electrons. The second-order valence-corrected chi connectivity index (χ2v) is 5.70. The molecule has 0 spiro atoms. The zero-order chi connectivity index (χ0) is 16.9. The number of nitrogens with one attached hydrogen (secondary N) is 1. The first-order valence-corrected chi connectivity index (χ1v) is 8.00. The van der Waals surface area contributed by atoms with E-state index in [0.717, 1.165) is 11.3 Å². The summed E-state index contributed by atoms with van der Waals surface area (Å²) in [6.07, 6.45) is -0.638. The number of hydrogen-bond acceptors (Lipinski definition) is 4. The van der Waals surface area contributed by atoms with Crippen molar-refractivity contribution in [2.24, 2.45) is 0 Å². The van der Waals surface area contributed by atoms with Gasteiger partial charge in [-0.1, -0.05) is 24.3 Å². The minimum Gasteiger partial charge on any atom is -0.491 e. The Balaban J connectivity index is 1.46. The van der Waals surface area contributed by atoms with Gasteiger partial charge in [-0.2, -0.15) is 0 Å². The number of carbonyl (C=O) groups excluding carboxylic acids is 1. The van der Waals surface area contributed by atoms with Crippen LogP contribution < -0.4 is 19.5 Å². The molecule has 1 heterocycles. The molecule has 2 aromatic carbocycles. The third-order valence-electron chi connectivity index (χ3n) is 4.01. The van der Waals surface area contributed by atoms with E-state index in [4.69, 9.17) is 14.2 Å². The van der Waals surface area contributed by atoms with E-state index in [1.54, 1.807) is 6.07 Å². The second kappa shape index (κ2) is 7.25. The van der Waals surface area contributed by atoms with Gasteiger partial charge >= 0.3 is 0 Å². The largest absolute Gasteiger partial charge is 0.491 e. The summed E-state index contributed by atoms with van der Waals surface area (Å²) in [5.41, 5.74) is 2.30. The Kier molecular flexibility index (Phi) is 4.89. The highest BCUT2D eigenvalue weighted by Crippen LogP contribution is 2.30. The molecular weight excluding hydrogens is 306 g/mol. The predicted octanol–water partition coefficient (Wildman–Crippen LogP) is 2.64. The van der Waals surface area contributed by atoms with Crippen LogP contribution in [0.4, 0.5) is 0 Å². The molecule has 0 aliphatic carbocycles. The zero-order valence-corrected chi connectivity index (χ0v) is 13.9. The van der Waals surface area contributed by atoms with Crippen LogP contribution in [0, 0.1) is 13.8 Å². The topological polar surface area (TPSA) is 56.8 Å². The van der Waals surface area contributed by atoms with E-state index in [1.165, 1.54) is 5.56 Å². The third kappa shape index (κ3) is 3.62. The van der Waals surface area contributed by atoms with Crippen LogP contribution in [0.25, 0.3) is 0 Å². The molecule has 1 atom stereocenters. The van der Waals surface area contributed by atoms with Gasteiger partial charge in [-0.3, -0.25) is 4.79 Å². The minimum atomic E-state index is -0.638. The summed E-state index contributed by atoms with van der Waals surface area (Å²) in [6.45, 7) is 5.09. The monoisotopic (exact) mass is 327 g/mol. The van der Waals surface area contributed by atoms with Gasteiger partial charge in [-0.05, 0) is 43.2 Å². The first-order valence-electron chi connectivity index (χ1n) is 8.00. The normalized spacial score (nSPS) is 15.7. The average molecular weight is 327 g/mol. The van der Waals surface area contributed by atoms with Crippen molar-refractivity contribution in [2.45, 2.75) is 20.0 Å². The van der Waals surface area contributed by atoms with Gasteiger partial charge in [-0.15, -0.1) is 0 Å². The van der Waals surface area contributed by atoms with Crippen molar-refractivity contribution < 1.29 is 19.0 Å². The summed E-state index contributed by atoms with van der Waals surface area (Å²) >= 11 is 0. The van der Waals surface area contributed by atoms with Crippen molar-refractivity contribution in [3.63, 3.8) is 0 Å².